The van der Waals surface area contributed by atoms with E-state index in [9.17, 15) is 4.79 Å². The van der Waals surface area contributed by atoms with Gasteiger partial charge in [-0.3, -0.25) is 4.79 Å². The Morgan fingerprint density at radius 1 is 1.50 bits per heavy atom. The van der Waals surface area contributed by atoms with Crippen LogP contribution in [-0.2, 0) is 24.7 Å². The minimum Gasteiger partial charge on any atom is -0.481 e. The number of carboxylic acids is 1. The van der Waals surface area contributed by atoms with Crippen molar-refractivity contribution in [1.82, 2.24) is 14.8 Å². The van der Waals surface area contributed by atoms with Crippen molar-refractivity contribution in [2.24, 2.45) is 7.05 Å². The van der Waals surface area contributed by atoms with Crippen LogP contribution < -0.4 is 0 Å². The molecule has 0 aliphatic carbocycles. The lowest BCUT2D eigenvalue weighted by atomic mass is 10.4. The number of hydrogen-bond acceptors (Lipinski definition) is 3. The molecule has 1 rings (SSSR count). The van der Waals surface area contributed by atoms with Crippen LogP contribution >= 0.6 is 0 Å². The van der Waals surface area contributed by atoms with E-state index in [0.717, 1.165) is 12.2 Å². The Morgan fingerprint density at radius 2 is 2.08 bits per heavy atom. The number of aliphatic carboxylic acids is 1. The molecule has 1 aromatic rings. The van der Waals surface area contributed by atoms with Crippen LogP contribution in [0.15, 0.2) is 0 Å². The average Bonchev–Trinajstić information content (AvgIpc) is 2.32. The molecule has 12 heavy (non-hydrogen) atoms. The maximum absolute atomic E-state index is 10.3. The van der Waals surface area contributed by atoms with Crippen molar-refractivity contribution in [2.75, 3.05) is 0 Å². The number of carbonyl (C=O) groups is 1. The third-order valence-corrected chi connectivity index (χ3v) is 1.68. The fourth-order valence-electron chi connectivity index (χ4n) is 0.996. The van der Waals surface area contributed by atoms with Gasteiger partial charge in [-0.1, -0.05) is 6.92 Å². The minimum absolute atomic E-state index is 0.0660. The number of hydrogen-bond donors (Lipinski definition) is 1. The fourth-order valence-corrected chi connectivity index (χ4v) is 0.996. The van der Waals surface area contributed by atoms with Crippen LogP contribution in [0.1, 0.15) is 18.6 Å². The summed E-state index contributed by atoms with van der Waals surface area (Å²) in [5.41, 5.74) is 0. The molecule has 0 amide bonds. The third kappa shape index (κ3) is 1.61. The molecule has 1 heterocycles. The summed E-state index contributed by atoms with van der Waals surface area (Å²) < 4.78 is 1.72. The molecule has 1 N–H and O–H groups in total. The number of rotatable bonds is 3. The first-order valence-corrected chi connectivity index (χ1v) is 3.74. The van der Waals surface area contributed by atoms with Gasteiger partial charge in [0, 0.05) is 13.5 Å². The van der Waals surface area contributed by atoms with Crippen LogP contribution in [0.2, 0.25) is 0 Å². The van der Waals surface area contributed by atoms with Gasteiger partial charge in [0.2, 0.25) is 0 Å². The predicted molar refractivity (Wildman–Crippen MR) is 41.7 cm³/mol. The first-order valence-electron chi connectivity index (χ1n) is 3.74. The van der Waals surface area contributed by atoms with E-state index in [0.29, 0.717) is 5.82 Å². The van der Waals surface area contributed by atoms with Crippen LogP contribution in [0.4, 0.5) is 0 Å². The van der Waals surface area contributed by atoms with E-state index in [4.69, 9.17) is 5.11 Å². The zero-order valence-corrected chi connectivity index (χ0v) is 7.11. The second kappa shape index (κ2) is 3.34. The Hall–Kier alpha value is -1.39. The van der Waals surface area contributed by atoms with Crippen LogP contribution in [0.3, 0.4) is 0 Å². The molecular weight excluding hydrogens is 158 g/mol. The van der Waals surface area contributed by atoms with Gasteiger partial charge < -0.3 is 9.67 Å². The Kier molecular flexibility index (Phi) is 2.42. The zero-order chi connectivity index (χ0) is 9.14. The molecule has 0 bridgehead atoms. The second-order valence-electron chi connectivity index (χ2n) is 2.52. The van der Waals surface area contributed by atoms with E-state index in [2.05, 4.69) is 10.2 Å². The van der Waals surface area contributed by atoms with Crippen molar-refractivity contribution in [1.29, 1.82) is 0 Å². The van der Waals surface area contributed by atoms with Crippen molar-refractivity contribution in [3.05, 3.63) is 11.6 Å². The van der Waals surface area contributed by atoms with Crippen molar-refractivity contribution in [2.45, 2.75) is 19.8 Å². The summed E-state index contributed by atoms with van der Waals surface area (Å²) in [6.07, 6.45) is 0.701. The van der Waals surface area contributed by atoms with E-state index >= 15 is 0 Å². The highest BCUT2D eigenvalue weighted by Crippen LogP contribution is 2.00. The summed E-state index contributed by atoms with van der Waals surface area (Å²) in [4.78, 5) is 10.3. The molecule has 0 saturated carbocycles. The van der Waals surface area contributed by atoms with Gasteiger partial charge in [0.25, 0.3) is 0 Å². The summed E-state index contributed by atoms with van der Waals surface area (Å²) in [5.74, 6) is 0.429. The van der Waals surface area contributed by atoms with E-state index in [1.54, 1.807) is 11.6 Å². The van der Waals surface area contributed by atoms with E-state index < -0.39 is 5.97 Å². The lowest BCUT2D eigenvalue weighted by molar-refractivity contribution is -0.136. The van der Waals surface area contributed by atoms with Gasteiger partial charge in [-0.2, -0.15) is 0 Å². The molecule has 0 saturated heterocycles. The van der Waals surface area contributed by atoms with Crippen molar-refractivity contribution in [3.8, 4) is 0 Å². The Labute approximate surface area is 70.0 Å². The van der Waals surface area contributed by atoms with Gasteiger partial charge in [-0.05, 0) is 0 Å². The van der Waals surface area contributed by atoms with Gasteiger partial charge in [-0.15, -0.1) is 10.2 Å². The van der Waals surface area contributed by atoms with Gasteiger partial charge in [0.15, 0.2) is 0 Å². The molecule has 1 aromatic heterocycles. The molecule has 5 heteroatoms. The van der Waals surface area contributed by atoms with Crippen LogP contribution in [0, 0.1) is 0 Å². The molecule has 66 valence electrons. The molecule has 0 aromatic carbocycles. The van der Waals surface area contributed by atoms with Crippen molar-refractivity contribution < 1.29 is 9.90 Å². The van der Waals surface area contributed by atoms with Gasteiger partial charge >= 0.3 is 5.97 Å². The quantitative estimate of drug-likeness (QED) is 0.691. The Bertz CT molecular complexity index is 293. The molecule has 5 nitrogen and oxygen atoms in total. The largest absolute Gasteiger partial charge is 0.481 e. The molecule has 0 unspecified atom stereocenters. The first-order chi connectivity index (χ1) is 5.65. The average molecular weight is 169 g/mol. The van der Waals surface area contributed by atoms with E-state index in [1.165, 1.54) is 0 Å². The van der Waals surface area contributed by atoms with Crippen LogP contribution in [0.25, 0.3) is 0 Å². The highest BCUT2D eigenvalue weighted by Gasteiger charge is 2.09. The maximum atomic E-state index is 10.3. The molecule has 0 fully saturated rings. The predicted octanol–water partition coefficient (Wildman–Crippen LogP) is 0.00460. The minimum atomic E-state index is -0.881. The normalized spacial score (nSPS) is 10.2. The smallest absolute Gasteiger partial charge is 0.311 e. The summed E-state index contributed by atoms with van der Waals surface area (Å²) >= 11 is 0. The second-order valence-corrected chi connectivity index (χ2v) is 2.52. The fraction of sp³-hybridized carbons (Fsp3) is 0.571. The summed E-state index contributed by atoms with van der Waals surface area (Å²) in [6.45, 7) is 1.95. The van der Waals surface area contributed by atoms with Crippen molar-refractivity contribution in [3.63, 3.8) is 0 Å². The highest BCUT2D eigenvalue weighted by molar-refractivity contribution is 5.68. The monoisotopic (exact) mass is 169 g/mol. The molecular formula is C7H11N3O2. The standard InChI is InChI=1S/C7H11N3O2/c1-3-5-8-9-6(10(5)2)4-7(11)12/h3-4H2,1-2H3,(H,11,12). The van der Waals surface area contributed by atoms with Crippen molar-refractivity contribution >= 4 is 5.97 Å². The van der Waals surface area contributed by atoms with E-state index in [1.807, 2.05) is 6.92 Å². The lowest BCUT2D eigenvalue weighted by Crippen LogP contribution is -2.07. The molecule has 0 atom stereocenters. The Morgan fingerprint density at radius 3 is 2.50 bits per heavy atom. The van der Waals surface area contributed by atoms with Gasteiger partial charge in [-0.25, -0.2) is 0 Å². The summed E-state index contributed by atoms with van der Waals surface area (Å²) in [6, 6.07) is 0. The van der Waals surface area contributed by atoms with Crippen LogP contribution in [0.5, 0.6) is 0 Å². The SMILES string of the molecule is CCc1nnc(CC(=O)O)n1C. The van der Waals surface area contributed by atoms with Gasteiger partial charge in [0.05, 0.1) is 0 Å². The highest BCUT2D eigenvalue weighted by atomic mass is 16.4. The zero-order valence-electron chi connectivity index (χ0n) is 7.11. The molecule has 0 aliphatic rings. The van der Waals surface area contributed by atoms with Gasteiger partial charge in [0.1, 0.15) is 18.1 Å². The molecule has 0 spiro atoms. The van der Waals surface area contributed by atoms with Crippen LogP contribution in [-0.4, -0.2) is 25.8 Å². The maximum Gasteiger partial charge on any atom is 0.311 e. The summed E-state index contributed by atoms with van der Waals surface area (Å²) in [5, 5.41) is 16.1. The topological polar surface area (TPSA) is 68.0 Å². The van der Waals surface area contributed by atoms with E-state index in [-0.39, 0.29) is 6.42 Å². The molecule has 0 radical (unpaired) electrons. The number of aromatic nitrogens is 3. The lowest BCUT2D eigenvalue weighted by Gasteiger charge is -1.98. The third-order valence-electron chi connectivity index (χ3n) is 1.68. The summed E-state index contributed by atoms with van der Waals surface area (Å²) in [7, 11) is 1.77. The number of aryl methyl sites for hydroxylation is 1. The number of nitrogens with zero attached hydrogens (tertiary/aromatic N) is 3. The number of carboxylic acid groups (broad SMARTS) is 1. The molecule has 0 aliphatic heterocycles. The first kappa shape index (κ1) is 8.70. The Balaban J connectivity index is 2.87.